The summed E-state index contributed by atoms with van der Waals surface area (Å²) in [4.78, 5) is 32.5. The Hall–Kier alpha value is -2.51. The molecule has 0 saturated carbocycles. The quantitative estimate of drug-likeness (QED) is 0.0199. The van der Waals surface area contributed by atoms with E-state index in [1.807, 2.05) is 20.9 Å². The molecule has 0 spiro atoms. The Morgan fingerprint density at radius 3 is 1.16 bits per heavy atom. The number of hydrogen-bond donors (Lipinski definition) is 15. The average molecular weight is 1250 g/mol. The number of carbonyl (C=O) groups excluding carboxylic acids is 3. The van der Waals surface area contributed by atoms with E-state index in [-0.39, 0.29) is 70.6 Å². The molecule has 16 atom stereocenters. The van der Waals surface area contributed by atoms with Crippen molar-refractivity contribution >= 4 is 18.6 Å². The molecule has 33 heteroatoms. The predicted molar refractivity (Wildman–Crippen MR) is 291 cm³/mol. The SMILES string of the molecule is CCCOCC(C)(COCCC=O)COCCC(=O)NCCOCCOCCOC1OC(CO)C(O)C(O)C1O.CNCCOCCOCCOC1OC(CO)C(O)C(O)C1O.O=CNCCOCCOCCOC1OC(CO)C(O)C(O)C1O. The first-order valence-corrected chi connectivity index (χ1v) is 28.5. The molecule has 0 bridgehead atoms. The van der Waals surface area contributed by atoms with Crippen molar-refractivity contribution in [2.45, 2.75) is 125 Å². The molecular weight excluding hydrogens is 1150 g/mol. The van der Waals surface area contributed by atoms with Crippen molar-refractivity contribution in [2.24, 2.45) is 5.41 Å². The van der Waals surface area contributed by atoms with Crippen LogP contribution in [0.3, 0.4) is 0 Å². The zero-order valence-electron chi connectivity index (χ0n) is 49.2. The van der Waals surface area contributed by atoms with E-state index in [4.69, 9.17) is 81.3 Å². The highest BCUT2D eigenvalue weighted by atomic mass is 16.7. The van der Waals surface area contributed by atoms with Crippen molar-refractivity contribution in [3.05, 3.63) is 0 Å². The molecule has 15 N–H and O–H groups in total. The lowest BCUT2D eigenvalue weighted by Gasteiger charge is -2.39. The first-order valence-electron chi connectivity index (χ1n) is 28.5. The Labute approximate surface area is 496 Å². The summed E-state index contributed by atoms with van der Waals surface area (Å²) >= 11 is 0. The number of amides is 2. The number of aliphatic hydroxyl groups is 12. The van der Waals surface area contributed by atoms with Gasteiger partial charge in [-0.3, -0.25) is 9.59 Å². The maximum Gasteiger partial charge on any atom is 0.222 e. The summed E-state index contributed by atoms with van der Waals surface area (Å²) in [6.07, 6.45) is -16.5. The van der Waals surface area contributed by atoms with Crippen molar-refractivity contribution in [3.8, 4) is 0 Å². The Morgan fingerprint density at radius 2 is 0.800 bits per heavy atom. The third kappa shape index (κ3) is 35.5. The van der Waals surface area contributed by atoms with Gasteiger partial charge in [0, 0.05) is 44.5 Å². The fourth-order valence-electron chi connectivity index (χ4n) is 7.49. The second-order valence-electron chi connectivity index (χ2n) is 19.6. The summed E-state index contributed by atoms with van der Waals surface area (Å²) in [5.74, 6) is -0.156. The van der Waals surface area contributed by atoms with Crippen LogP contribution in [0.4, 0.5) is 0 Å². The second kappa shape index (κ2) is 51.3. The van der Waals surface area contributed by atoms with Crippen molar-refractivity contribution in [3.63, 3.8) is 0 Å². The molecule has 3 fully saturated rings. The van der Waals surface area contributed by atoms with Crippen LogP contribution in [0.2, 0.25) is 0 Å². The minimum atomic E-state index is -1.49. The summed E-state index contributed by atoms with van der Waals surface area (Å²) < 4.78 is 80.0. The average Bonchev–Trinajstić information content (AvgIpc) is 2.73. The largest absolute Gasteiger partial charge is 0.394 e. The van der Waals surface area contributed by atoms with Crippen molar-refractivity contribution in [1.82, 2.24) is 16.0 Å². The summed E-state index contributed by atoms with van der Waals surface area (Å²) in [6.45, 7) is 10.9. The molecule has 0 radical (unpaired) electrons. The first-order chi connectivity index (χ1) is 41.0. The Kier molecular flexibility index (Phi) is 48.5. The molecule has 504 valence electrons. The van der Waals surface area contributed by atoms with Gasteiger partial charge < -0.3 is 153 Å². The maximum absolute atomic E-state index is 12.0. The number of nitrogens with one attached hydrogen (secondary N) is 3. The van der Waals surface area contributed by atoms with Crippen LogP contribution < -0.4 is 16.0 Å². The van der Waals surface area contributed by atoms with Gasteiger partial charge >= 0.3 is 0 Å². The molecule has 3 rings (SSSR count). The van der Waals surface area contributed by atoms with E-state index >= 15 is 0 Å². The predicted octanol–water partition coefficient (Wildman–Crippen LogP) is -7.96. The minimum Gasteiger partial charge on any atom is -0.394 e. The molecule has 0 aromatic rings. The van der Waals surface area contributed by atoms with E-state index in [9.17, 15) is 65.4 Å². The highest BCUT2D eigenvalue weighted by Crippen LogP contribution is 2.24. The molecule has 0 aliphatic carbocycles. The molecule has 2 amide bonds. The van der Waals surface area contributed by atoms with E-state index < -0.39 is 112 Å². The minimum absolute atomic E-state index is 0.0545. The van der Waals surface area contributed by atoms with Crippen LogP contribution in [0.25, 0.3) is 0 Å². The Bertz CT molecular complexity index is 1590. The Morgan fingerprint density at radius 1 is 0.447 bits per heavy atom. The molecule has 3 aliphatic rings. The molecule has 16 unspecified atom stereocenters. The van der Waals surface area contributed by atoms with Gasteiger partial charge in [-0.05, 0) is 13.5 Å². The standard InChI is InChI=1S/C26H49NO13.C13H25NO9.C13H27NO8/c1-3-8-36-17-26(2,18-37-9-4-7-28)19-38-10-5-21(30)27-6-11-34-12-13-35-14-15-39-25-24(33)23(32)22(31)20(16-29)40-25;15-7-9-10(17)11(18)12(19)13(23-9)22-6-5-21-4-3-20-2-1-14-8-16;1-14-2-3-19-4-5-20-6-7-21-13-12(18)11(17)10(16)9(8-15)22-13/h7,20,22-25,29,31-33H,3-6,8-19H2,1-2H3,(H,27,30);8-13,15,17-19H,1-7H2,(H,14,16);9-18H,2-8H2,1H3. The molecule has 3 saturated heterocycles. The van der Waals surface area contributed by atoms with Gasteiger partial charge in [-0.15, -0.1) is 0 Å². The number of ether oxygens (including phenoxy) is 15. The lowest BCUT2D eigenvalue weighted by Crippen LogP contribution is -2.59. The summed E-state index contributed by atoms with van der Waals surface area (Å²) in [5, 5.41) is 123. The van der Waals surface area contributed by atoms with Crippen LogP contribution in [-0.2, 0) is 85.4 Å². The van der Waals surface area contributed by atoms with Gasteiger partial charge in [0.15, 0.2) is 18.9 Å². The fraction of sp³-hybridized carbons (Fsp3) is 0.942. The van der Waals surface area contributed by atoms with Crippen LogP contribution >= 0.6 is 0 Å². The summed E-state index contributed by atoms with van der Waals surface area (Å²) in [5.41, 5.74) is -0.378. The molecule has 85 heavy (non-hydrogen) atoms. The van der Waals surface area contributed by atoms with Gasteiger partial charge in [0.1, 0.15) is 79.5 Å². The lowest BCUT2D eigenvalue weighted by molar-refractivity contribution is -0.302. The van der Waals surface area contributed by atoms with Crippen molar-refractivity contribution < 1.29 is 147 Å². The smallest absolute Gasteiger partial charge is 0.222 e. The van der Waals surface area contributed by atoms with Gasteiger partial charge in [0.05, 0.1) is 152 Å². The van der Waals surface area contributed by atoms with Gasteiger partial charge in [-0.1, -0.05) is 13.8 Å². The van der Waals surface area contributed by atoms with Crippen molar-refractivity contribution in [1.29, 1.82) is 0 Å². The lowest BCUT2D eigenvalue weighted by atomic mass is 9.94. The van der Waals surface area contributed by atoms with Crippen LogP contribution in [0.1, 0.15) is 33.1 Å². The number of aldehydes is 1. The number of likely N-dealkylation sites (N-methyl/N-ethyl adjacent to an activating group) is 1. The molecule has 0 aromatic carbocycles. The molecular formula is C52H101N3O30. The van der Waals surface area contributed by atoms with E-state index in [2.05, 4.69) is 16.0 Å². The molecule has 3 heterocycles. The van der Waals surface area contributed by atoms with E-state index in [0.29, 0.717) is 112 Å². The highest BCUT2D eigenvalue weighted by Gasteiger charge is 2.46. The number of aliphatic hydroxyl groups excluding tert-OH is 12. The van der Waals surface area contributed by atoms with Crippen molar-refractivity contribution in [2.75, 3.05) is 185 Å². The zero-order valence-corrected chi connectivity index (χ0v) is 49.2. The highest BCUT2D eigenvalue weighted by molar-refractivity contribution is 5.75. The topological polar surface area (TPSA) is 469 Å². The van der Waals surface area contributed by atoms with Crippen LogP contribution in [-0.4, -0.2) is 357 Å². The number of rotatable bonds is 48. The van der Waals surface area contributed by atoms with E-state index in [1.165, 1.54) is 0 Å². The Balaban J connectivity index is 0.000000684. The number of carbonyl (C=O) groups is 3. The van der Waals surface area contributed by atoms with Gasteiger partial charge in [0.25, 0.3) is 0 Å². The maximum atomic E-state index is 12.0. The third-order valence-electron chi connectivity index (χ3n) is 12.3. The third-order valence-corrected chi connectivity index (χ3v) is 12.3. The van der Waals surface area contributed by atoms with Crippen LogP contribution in [0.15, 0.2) is 0 Å². The number of hydrogen-bond acceptors (Lipinski definition) is 31. The van der Waals surface area contributed by atoms with Crippen LogP contribution in [0.5, 0.6) is 0 Å². The fourth-order valence-corrected chi connectivity index (χ4v) is 7.49. The zero-order chi connectivity index (χ0) is 63.1. The van der Waals surface area contributed by atoms with Gasteiger partial charge in [-0.2, -0.15) is 0 Å². The molecule has 33 nitrogen and oxygen atoms in total. The molecule has 3 aliphatic heterocycles. The second-order valence-corrected chi connectivity index (χ2v) is 19.6. The van der Waals surface area contributed by atoms with E-state index in [1.54, 1.807) is 0 Å². The normalized spacial score (nSPS) is 28.3. The summed E-state index contributed by atoms with van der Waals surface area (Å²) in [7, 11) is 1.84. The molecule has 0 aromatic heterocycles. The van der Waals surface area contributed by atoms with Gasteiger partial charge in [-0.25, -0.2) is 0 Å². The monoisotopic (exact) mass is 1250 g/mol. The van der Waals surface area contributed by atoms with Gasteiger partial charge in [0.2, 0.25) is 12.3 Å². The first kappa shape index (κ1) is 80.5. The van der Waals surface area contributed by atoms with E-state index in [0.717, 1.165) is 19.3 Å². The summed E-state index contributed by atoms with van der Waals surface area (Å²) in [6, 6.07) is 0. The van der Waals surface area contributed by atoms with Crippen LogP contribution in [0, 0.1) is 5.41 Å².